The third-order valence-corrected chi connectivity index (χ3v) is 4.00. The van der Waals surface area contributed by atoms with Gasteiger partial charge in [0.2, 0.25) is 0 Å². The summed E-state index contributed by atoms with van der Waals surface area (Å²) >= 11 is 5.88. The average Bonchev–Trinajstić information content (AvgIpc) is 2.63. The Labute approximate surface area is 149 Å². The fraction of sp³-hybridized carbons (Fsp3) is 0.105. The summed E-state index contributed by atoms with van der Waals surface area (Å²) < 4.78 is 1.21. The van der Waals surface area contributed by atoms with Gasteiger partial charge in [0, 0.05) is 11.1 Å². The van der Waals surface area contributed by atoms with E-state index in [0.29, 0.717) is 10.7 Å². The highest BCUT2D eigenvalue weighted by molar-refractivity contribution is 6.30. The lowest BCUT2D eigenvalue weighted by Gasteiger charge is -2.14. The molecular weight excluding hydrogens is 338 g/mol. The van der Waals surface area contributed by atoms with Gasteiger partial charge in [0.05, 0.1) is 11.7 Å². The summed E-state index contributed by atoms with van der Waals surface area (Å²) in [6.45, 7) is 1.87. The number of rotatable bonds is 4. The Morgan fingerprint density at radius 2 is 1.72 bits per heavy atom. The van der Waals surface area contributed by atoms with Crippen LogP contribution in [0, 0.1) is 0 Å². The third-order valence-electron chi connectivity index (χ3n) is 3.75. The van der Waals surface area contributed by atoms with Crippen molar-refractivity contribution in [1.29, 1.82) is 0 Å². The second-order valence-electron chi connectivity index (χ2n) is 5.55. The van der Waals surface area contributed by atoms with Crippen LogP contribution in [-0.2, 0) is 0 Å². The first kappa shape index (κ1) is 16.9. The van der Waals surface area contributed by atoms with Gasteiger partial charge < -0.3 is 5.32 Å². The van der Waals surface area contributed by atoms with Crippen LogP contribution in [0.2, 0.25) is 5.02 Å². The summed E-state index contributed by atoms with van der Waals surface area (Å²) in [4.78, 5) is 24.5. The van der Waals surface area contributed by atoms with Crippen LogP contribution in [0.15, 0.2) is 71.5 Å². The molecule has 3 rings (SSSR count). The highest BCUT2D eigenvalue weighted by atomic mass is 35.5. The second kappa shape index (κ2) is 7.32. The van der Waals surface area contributed by atoms with Gasteiger partial charge in [0.15, 0.2) is 0 Å². The van der Waals surface area contributed by atoms with Crippen molar-refractivity contribution in [3.05, 3.63) is 93.4 Å². The van der Waals surface area contributed by atoms with Crippen LogP contribution in [0.4, 0.5) is 0 Å². The number of nitrogens with one attached hydrogen (secondary N) is 1. The topological polar surface area (TPSA) is 64.0 Å². The number of para-hydroxylation sites is 1. The predicted molar refractivity (Wildman–Crippen MR) is 97.2 cm³/mol. The van der Waals surface area contributed by atoms with E-state index in [1.807, 2.05) is 25.1 Å². The molecule has 0 saturated carbocycles. The van der Waals surface area contributed by atoms with E-state index in [9.17, 15) is 9.59 Å². The summed E-state index contributed by atoms with van der Waals surface area (Å²) in [6.07, 6.45) is 0. The van der Waals surface area contributed by atoms with Gasteiger partial charge in [0.25, 0.3) is 11.5 Å². The molecule has 0 bridgehead atoms. The molecule has 0 radical (unpaired) electrons. The molecule has 1 aromatic heterocycles. The number of carbonyl (C=O) groups is 1. The molecule has 0 aliphatic rings. The van der Waals surface area contributed by atoms with Crippen LogP contribution in [0.25, 0.3) is 5.69 Å². The molecule has 1 unspecified atom stereocenters. The molecule has 0 fully saturated rings. The predicted octanol–water partition coefficient (Wildman–Crippen LogP) is 3.38. The van der Waals surface area contributed by atoms with Crippen molar-refractivity contribution in [2.24, 2.45) is 0 Å². The summed E-state index contributed by atoms with van der Waals surface area (Å²) in [7, 11) is 0. The zero-order valence-electron chi connectivity index (χ0n) is 13.5. The first-order valence-corrected chi connectivity index (χ1v) is 8.14. The lowest BCUT2D eigenvalue weighted by molar-refractivity contribution is 0.0933. The van der Waals surface area contributed by atoms with Crippen molar-refractivity contribution in [2.75, 3.05) is 0 Å². The number of hydrogen-bond acceptors (Lipinski definition) is 3. The van der Waals surface area contributed by atoms with E-state index in [-0.39, 0.29) is 23.2 Å². The van der Waals surface area contributed by atoms with Crippen molar-refractivity contribution in [3.8, 4) is 5.69 Å². The molecule has 1 N–H and O–H groups in total. The second-order valence-corrected chi connectivity index (χ2v) is 5.99. The lowest BCUT2D eigenvalue weighted by Crippen LogP contribution is -2.30. The molecule has 0 spiro atoms. The van der Waals surface area contributed by atoms with E-state index in [4.69, 9.17) is 11.6 Å². The molecule has 0 aliphatic heterocycles. The summed E-state index contributed by atoms with van der Waals surface area (Å²) in [6, 6.07) is 18.8. The number of halogens is 1. The number of aromatic nitrogens is 2. The van der Waals surface area contributed by atoms with Gasteiger partial charge in [-0.3, -0.25) is 9.59 Å². The zero-order chi connectivity index (χ0) is 17.8. The van der Waals surface area contributed by atoms with Crippen molar-refractivity contribution in [1.82, 2.24) is 15.1 Å². The quantitative estimate of drug-likeness (QED) is 0.782. The third kappa shape index (κ3) is 3.95. The molecule has 0 saturated heterocycles. The summed E-state index contributed by atoms with van der Waals surface area (Å²) in [5, 5.41) is 7.68. The van der Waals surface area contributed by atoms with Crippen LogP contribution in [0.3, 0.4) is 0 Å². The number of benzene rings is 2. The smallest absolute Gasteiger partial charge is 0.272 e. The highest BCUT2D eigenvalue weighted by Crippen LogP contribution is 2.16. The first-order valence-electron chi connectivity index (χ1n) is 7.77. The SMILES string of the molecule is CC(NC(=O)c1ccc(=O)n(-c2ccccc2)n1)c1ccc(Cl)cc1. The van der Waals surface area contributed by atoms with Crippen LogP contribution < -0.4 is 10.9 Å². The van der Waals surface area contributed by atoms with Gasteiger partial charge in [0.1, 0.15) is 5.69 Å². The molecule has 126 valence electrons. The summed E-state index contributed by atoms with van der Waals surface area (Å²) in [5.41, 5.74) is 1.40. The van der Waals surface area contributed by atoms with Crippen LogP contribution >= 0.6 is 11.6 Å². The van der Waals surface area contributed by atoms with E-state index in [1.165, 1.54) is 16.8 Å². The first-order chi connectivity index (χ1) is 12.0. The molecule has 0 aliphatic carbocycles. The number of nitrogens with zero attached hydrogens (tertiary/aromatic N) is 2. The standard InChI is InChI=1S/C19H16ClN3O2/c1-13(14-7-9-15(20)10-8-14)21-19(25)17-11-12-18(24)23(22-17)16-5-3-2-4-6-16/h2-13H,1H3,(H,21,25). The molecule has 5 nitrogen and oxygen atoms in total. The Balaban J connectivity index is 1.83. The van der Waals surface area contributed by atoms with E-state index in [2.05, 4.69) is 10.4 Å². The van der Waals surface area contributed by atoms with Crippen LogP contribution in [0.5, 0.6) is 0 Å². The maximum Gasteiger partial charge on any atom is 0.272 e. The van der Waals surface area contributed by atoms with Gasteiger partial charge in [-0.05, 0) is 42.8 Å². The largest absolute Gasteiger partial charge is 0.344 e. The van der Waals surface area contributed by atoms with Crippen molar-refractivity contribution >= 4 is 17.5 Å². The van der Waals surface area contributed by atoms with E-state index in [0.717, 1.165) is 5.56 Å². The molecule has 1 amide bonds. The van der Waals surface area contributed by atoms with Gasteiger partial charge >= 0.3 is 0 Å². The molecule has 3 aromatic rings. The minimum Gasteiger partial charge on any atom is -0.344 e. The minimum atomic E-state index is -0.355. The zero-order valence-corrected chi connectivity index (χ0v) is 14.3. The number of amides is 1. The Morgan fingerprint density at radius 3 is 2.40 bits per heavy atom. The molecule has 1 heterocycles. The normalized spacial score (nSPS) is 11.8. The average molecular weight is 354 g/mol. The van der Waals surface area contributed by atoms with Gasteiger partial charge in [-0.1, -0.05) is 41.9 Å². The molecule has 6 heteroatoms. The van der Waals surface area contributed by atoms with Crippen LogP contribution in [0.1, 0.15) is 29.0 Å². The van der Waals surface area contributed by atoms with Crippen molar-refractivity contribution in [2.45, 2.75) is 13.0 Å². The molecular formula is C19H16ClN3O2. The number of hydrogen-bond donors (Lipinski definition) is 1. The molecule has 1 atom stereocenters. The summed E-state index contributed by atoms with van der Waals surface area (Å²) in [5.74, 6) is -0.355. The van der Waals surface area contributed by atoms with Gasteiger partial charge in [-0.2, -0.15) is 9.78 Å². The Morgan fingerprint density at radius 1 is 1.04 bits per heavy atom. The maximum atomic E-state index is 12.5. The maximum absolute atomic E-state index is 12.5. The Kier molecular flexibility index (Phi) is 4.95. The minimum absolute atomic E-state index is 0.171. The fourth-order valence-corrected chi connectivity index (χ4v) is 2.52. The van der Waals surface area contributed by atoms with Gasteiger partial charge in [-0.15, -0.1) is 0 Å². The molecule has 25 heavy (non-hydrogen) atoms. The van der Waals surface area contributed by atoms with Crippen molar-refractivity contribution < 1.29 is 4.79 Å². The number of carbonyl (C=O) groups excluding carboxylic acids is 1. The Hall–Kier alpha value is -2.92. The lowest BCUT2D eigenvalue weighted by atomic mass is 10.1. The van der Waals surface area contributed by atoms with E-state index in [1.54, 1.807) is 36.4 Å². The fourth-order valence-electron chi connectivity index (χ4n) is 2.39. The van der Waals surface area contributed by atoms with Gasteiger partial charge in [-0.25, -0.2) is 0 Å². The highest BCUT2D eigenvalue weighted by Gasteiger charge is 2.14. The monoisotopic (exact) mass is 353 g/mol. The van der Waals surface area contributed by atoms with Crippen molar-refractivity contribution in [3.63, 3.8) is 0 Å². The Bertz CT molecular complexity index is 937. The van der Waals surface area contributed by atoms with Crippen LogP contribution in [-0.4, -0.2) is 15.7 Å². The van der Waals surface area contributed by atoms with E-state index >= 15 is 0 Å². The molecule has 2 aromatic carbocycles. The van der Waals surface area contributed by atoms with E-state index < -0.39 is 0 Å².